The molecule has 2 N–H and O–H groups in total. The minimum absolute atomic E-state index is 0.128. The summed E-state index contributed by atoms with van der Waals surface area (Å²) in [4.78, 5) is 15.0. The molecule has 1 heterocycles. The number of rotatable bonds is 1. The van der Waals surface area contributed by atoms with E-state index in [0.717, 1.165) is 5.56 Å². The second-order valence-corrected chi connectivity index (χ2v) is 5.58. The molecule has 1 aromatic carbocycles. The second kappa shape index (κ2) is 4.19. The number of amides is 1. The van der Waals surface area contributed by atoms with Crippen LogP contribution in [-0.4, -0.2) is 25.6 Å². The topological polar surface area (TPSA) is 55.4 Å². The van der Waals surface area contributed by atoms with Crippen LogP contribution in [0.4, 0.5) is 0 Å². The van der Waals surface area contributed by atoms with Crippen LogP contribution >= 0.6 is 11.6 Å². The summed E-state index contributed by atoms with van der Waals surface area (Å²) in [5.41, 5.74) is 6.43. The van der Waals surface area contributed by atoms with E-state index in [1.165, 1.54) is 0 Å². The Kier molecular flexibility index (Phi) is 2.91. The average Bonchev–Trinajstić information content (AvgIpc) is 2.49. The van der Waals surface area contributed by atoms with Crippen molar-refractivity contribution >= 4 is 43.3 Å². The van der Waals surface area contributed by atoms with Crippen molar-refractivity contribution in [2.75, 3.05) is 0 Å². The molecule has 0 saturated heterocycles. The number of carbonyl (C=O) groups excluding carboxylic acids is 1. The van der Waals surface area contributed by atoms with Crippen molar-refractivity contribution in [3.05, 3.63) is 39.3 Å². The maximum atomic E-state index is 11.3. The first-order chi connectivity index (χ1) is 7.15. The van der Waals surface area contributed by atoms with Gasteiger partial charge in [-0.3, -0.25) is 0 Å². The summed E-state index contributed by atoms with van der Waals surface area (Å²) in [5.74, 6) is -0.220. The quantitative estimate of drug-likeness (QED) is 0.623. The number of hydrogen-bond acceptors (Lipinski definition) is 2. The van der Waals surface area contributed by atoms with Crippen LogP contribution in [0.2, 0.25) is 5.02 Å². The van der Waals surface area contributed by atoms with Gasteiger partial charge in [0.15, 0.2) is 0 Å². The van der Waals surface area contributed by atoms with Crippen molar-refractivity contribution in [3.8, 4) is 0 Å². The molecule has 0 spiro atoms. The van der Waals surface area contributed by atoms with E-state index in [1.54, 1.807) is 12.1 Å². The number of amidine groups is 1. The number of benzene rings is 1. The molecule has 15 heavy (non-hydrogen) atoms. The SMILES string of the molecule is NC1=NC(=O)C(=Cc2ccc(Cl)cc2)[Se]1. The van der Waals surface area contributed by atoms with Crippen molar-refractivity contribution in [3.63, 3.8) is 0 Å². The first-order valence-corrected chi connectivity index (χ1v) is 6.28. The molecular weight excluding hydrogens is 279 g/mol. The summed E-state index contributed by atoms with van der Waals surface area (Å²) in [6, 6.07) is 7.27. The van der Waals surface area contributed by atoms with E-state index < -0.39 is 0 Å². The average molecular weight is 286 g/mol. The van der Waals surface area contributed by atoms with Gasteiger partial charge in [-0.15, -0.1) is 0 Å². The maximum absolute atomic E-state index is 11.3. The Morgan fingerprint density at radius 3 is 2.53 bits per heavy atom. The van der Waals surface area contributed by atoms with Crippen LogP contribution in [0.3, 0.4) is 0 Å². The molecule has 0 bridgehead atoms. The predicted octanol–water partition coefficient (Wildman–Crippen LogP) is 1.24. The standard InChI is InChI=1S/C10H7ClN2OSe/c11-7-3-1-6(2-4-7)5-8-9(14)13-10(12)15-8/h1-5H,(H2,12,13,14). The van der Waals surface area contributed by atoms with Gasteiger partial charge in [-0.05, 0) is 0 Å². The minimum atomic E-state index is -0.220. The molecule has 1 amide bonds. The molecule has 1 aliphatic rings. The van der Waals surface area contributed by atoms with Gasteiger partial charge in [-0.1, -0.05) is 0 Å². The van der Waals surface area contributed by atoms with Gasteiger partial charge in [0.1, 0.15) is 0 Å². The van der Waals surface area contributed by atoms with E-state index >= 15 is 0 Å². The molecule has 1 aromatic rings. The van der Waals surface area contributed by atoms with Crippen LogP contribution in [0.25, 0.3) is 6.08 Å². The van der Waals surface area contributed by atoms with Crippen LogP contribution in [0, 0.1) is 0 Å². The second-order valence-electron chi connectivity index (χ2n) is 2.92. The van der Waals surface area contributed by atoms with Gasteiger partial charge >= 0.3 is 98.1 Å². The third kappa shape index (κ3) is 2.48. The third-order valence-electron chi connectivity index (χ3n) is 1.80. The zero-order chi connectivity index (χ0) is 10.8. The molecule has 0 radical (unpaired) electrons. The van der Waals surface area contributed by atoms with Crippen molar-refractivity contribution < 1.29 is 4.79 Å². The molecular formula is C10H7ClN2OSe. The molecule has 0 saturated carbocycles. The van der Waals surface area contributed by atoms with Gasteiger partial charge in [0.05, 0.1) is 0 Å². The van der Waals surface area contributed by atoms with E-state index in [4.69, 9.17) is 17.3 Å². The Morgan fingerprint density at radius 1 is 1.33 bits per heavy atom. The number of carbonyl (C=O) groups is 1. The molecule has 0 aliphatic carbocycles. The molecule has 76 valence electrons. The molecule has 2 rings (SSSR count). The summed E-state index contributed by atoms with van der Waals surface area (Å²) in [6.07, 6.45) is 1.81. The Bertz CT molecular complexity index is 465. The van der Waals surface area contributed by atoms with Crippen molar-refractivity contribution in [2.24, 2.45) is 10.7 Å². The summed E-state index contributed by atoms with van der Waals surface area (Å²) < 4.78 is 1.12. The van der Waals surface area contributed by atoms with E-state index in [1.807, 2.05) is 18.2 Å². The molecule has 0 atom stereocenters. The summed E-state index contributed by atoms with van der Waals surface area (Å²) in [7, 11) is 0. The summed E-state index contributed by atoms with van der Waals surface area (Å²) >= 11 is 5.63. The van der Waals surface area contributed by atoms with Crippen LogP contribution in [0.5, 0.6) is 0 Å². The molecule has 3 nitrogen and oxygen atoms in total. The molecule has 0 aromatic heterocycles. The van der Waals surface area contributed by atoms with E-state index in [0.29, 0.717) is 14.2 Å². The van der Waals surface area contributed by atoms with Crippen LogP contribution in [0.15, 0.2) is 33.7 Å². The Balaban J connectivity index is 2.25. The van der Waals surface area contributed by atoms with E-state index in [9.17, 15) is 4.79 Å². The third-order valence-corrected chi connectivity index (χ3v) is 3.76. The van der Waals surface area contributed by atoms with Gasteiger partial charge < -0.3 is 0 Å². The Labute approximate surface area is 98.2 Å². The fourth-order valence-electron chi connectivity index (χ4n) is 1.14. The number of halogens is 1. The predicted molar refractivity (Wildman–Crippen MR) is 61.8 cm³/mol. The van der Waals surface area contributed by atoms with Gasteiger partial charge in [-0.2, -0.15) is 0 Å². The van der Waals surface area contributed by atoms with Gasteiger partial charge in [-0.25, -0.2) is 0 Å². The van der Waals surface area contributed by atoms with Crippen LogP contribution in [-0.2, 0) is 4.79 Å². The van der Waals surface area contributed by atoms with Gasteiger partial charge in [0, 0.05) is 0 Å². The van der Waals surface area contributed by atoms with Crippen LogP contribution in [0.1, 0.15) is 5.56 Å². The zero-order valence-electron chi connectivity index (χ0n) is 7.61. The number of hydrogen-bond donors (Lipinski definition) is 1. The summed E-state index contributed by atoms with van der Waals surface area (Å²) in [5, 5.41) is 0.677. The molecule has 0 unspecified atom stereocenters. The number of aliphatic imine (C=N–C) groups is 1. The van der Waals surface area contributed by atoms with Gasteiger partial charge in [0.2, 0.25) is 0 Å². The molecule has 0 fully saturated rings. The van der Waals surface area contributed by atoms with E-state index in [-0.39, 0.29) is 20.9 Å². The zero-order valence-corrected chi connectivity index (χ0v) is 10.1. The van der Waals surface area contributed by atoms with Crippen LogP contribution < -0.4 is 5.73 Å². The first kappa shape index (κ1) is 10.4. The molecule has 5 heteroatoms. The fraction of sp³-hybridized carbons (Fsp3) is 0. The number of nitrogens with zero attached hydrogens (tertiary/aromatic N) is 1. The van der Waals surface area contributed by atoms with Crippen molar-refractivity contribution in [1.29, 1.82) is 0 Å². The molecule has 1 aliphatic heterocycles. The summed E-state index contributed by atoms with van der Waals surface area (Å²) in [6.45, 7) is 0. The van der Waals surface area contributed by atoms with E-state index in [2.05, 4.69) is 4.99 Å². The Morgan fingerprint density at radius 2 is 2.00 bits per heavy atom. The first-order valence-electron chi connectivity index (χ1n) is 4.19. The van der Waals surface area contributed by atoms with Crippen molar-refractivity contribution in [2.45, 2.75) is 0 Å². The Hall–Kier alpha value is -1.09. The monoisotopic (exact) mass is 286 g/mol. The normalized spacial score (nSPS) is 18.3. The fourth-order valence-corrected chi connectivity index (χ4v) is 2.69. The van der Waals surface area contributed by atoms with Gasteiger partial charge in [0.25, 0.3) is 0 Å². The van der Waals surface area contributed by atoms with Crippen molar-refractivity contribution in [1.82, 2.24) is 0 Å². The number of nitrogens with two attached hydrogens (primary N) is 1.